The third-order valence-electron chi connectivity index (χ3n) is 6.82. The summed E-state index contributed by atoms with van der Waals surface area (Å²) >= 11 is 3.26. The molecular weight excluding hydrogens is 677 g/mol. The molecule has 0 N–H and O–H groups in total. The van der Waals surface area contributed by atoms with Crippen LogP contribution in [0, 0.1) is 0 Å². The van der Waals surface area contributed by atoms with Crippen molar-refractivity contribution in [1.29, 1.82) is 0 Å². The van der Waals surface area contributed by atoms with Crippen molar-refractivity contribution in [3.63, 3.8) is 0 Å². The van der Waals surface area contributed by atoms with E-state index in [1.165, 1.54) is 24.3 Å². The van der Waals surface area contributed by atoms with E-state index in [9.17, 15) is 39.6 Å². The highest BCUT2D eigenvalue weighted by Gasteiger charge is 2.49. The molecule has 0 atom stereocenters. The molecule has 43 heavy (non-hydrogen) atoms. The number of amides is 1. The van der Waals surface area contributed by atoms with Crippen LogP contribution in [0.25, 0.3) is 0 Å². The first-order chi connectivity index (χ1) is 20.1. The van der Waals surface area contributed by atoms with Crippen LogP contribution in [0.5, 0.6) is 0 Å². The van der Waals surface area contributed by atoms with Gasteiger partial charge in [0, 0.05) is 47.8 Å². The largest absolute Gasteiger partial charge is 0.534 e. The van der Waals surface area contributed by atoms with Crippen LogP contribution in [-0.4, -0.2) is 52.1 Å². The highest BCUT2D eigenvalue weighted by molar-refractivity contribution is 9.10. The van der Waals surface area contributed by atoms with E-state index in [4.69, 9.17) is 0 Å². The predicted molar refractivity (Wildman–Crippen MR) is 156 cm³/mol. The Bertz CT molecular complexity index is 1750. The molecule has 1 heterocycles. The van der Waals surface area contributed by atoms with Crippen LogP contribution < -0.4 is 4.90 Å². The van der Waals surface area contributed by atoms with Crippen LogP contribution in [0.4, 0.5) is 24.5 Å². The van der Waals surface area contributed by atoms with Gasteiger partial charge in [-0.1, -0.05) is 46.6 Å². The Morgan fingerprint density at radius 2 is 1.56 bits per heavy atom. The Morgan fingerprint density at radius 3 is 2.23 bits per heavy atom. The number of hydrogen-bond donors (Lipinski definition) is 0. The van der Waals surface area contributed by atoms with Crippen LogP contribution in [0.1, 0.15) is 47.2 Å². The van der Waals surface area contributed by atoms with Crippen molar-refractivity contribution in [2.24, 2.45) is 0 Å². The number of para-hydroxylation sites is 1. The van der Waals surface area contributed by atoms with E-state index in [2.05, 4.69) is 20.1 Å². The summed E-state index contributed by atoms with van der Waals surface area (Å²) in [5, 5.41) is 0. The van der Waals surface area contributed by atoms with Gasteiger partial charge < -0.3 is 9.08 Å². The Morgan fingerprint density at radius 1 is 0.907 bits per heavy atom. The fraction of sp³-hybridized carbons (Fsp3) is 0.286. The second kappa shape index (κ2) is 12.7. The Hall–Kier alpha value is -3.43. The third kappa shape index (κ3) is 7.04. The molecule has 1 aliphatic rings. The molecule has 3 aromatic rings. The molecule has 0 radical (unpaired) electrons. The molecule has 0 spiro atoms. The van der Waals surface area contributed by atoms with Crippen LogP contribution in [0.2, 0.25) is 0 Å². The maximum absolute atomic E-state index is 14.0. The van der Waals surface area contributed by atoms with Crippen molar-refractivity contribution in [3.8, 4) is 0 Å². The standard InChI is InChI=1S/C28H26BrF3N2O7S2/c1-33-24-10-5-4-8-19(24)18-23-22(9-7-11-25(23)33)27(36)34(42(37,38)21-15-13-20(29)14-16-21)17-6-2-3-12-26(35)41-43(39,40)28(30,31)32/h4-5,7-11,13-16H,2-3,6,12,17-18H2,1H3. The first kappa shape index (κ1) is 32.5. The third-order valence-corrected chi connectivity index (χ3v) is 10.1. The van der Waals surface area contributed by atoms with Gasteiger partial charge in [-0.05, 0) is 66.4 Å². The number of carbonyl (C=O) groups excluding carboxylic acids is 2. The Kier molecular flexibility index (Phi) is 9.57. The number of hydrogen-bond acceptors (Lipinski definition) is 8. The molecule has 0 fully saturated rings. The van der Waals surface area contributed by atoms with Gasteiger partial charge in [-0.25, -0.2) is 12.7 Å². The zero-order valence-electron chi connectivity index (χ0n) is 22.7. The van der Waals surface area contributed by atoms with E-state index in [1.807, 2.05) is 42.3 Å². The lowest BCUT2D eigenvalue weighted by Crippen LogP contribution is -2.38. The molecule has 1 amide bonds. The number of nitrogens with zero attached hydrogens (tertiary/aromatic N) is 2. The fourth-order valence-electron chi connectivity index (χ4n) is 4.69. The number of fused-ring (bicyclic) bond motifs is 2. The van der Waals surface area contributed by atoms with Gasteiger partial charge in [-0.15, -0.1) is 0 Å². The molecule has 0 saturated carbocycles. The van der Waals surface area contributed by atoms with Crippen LogP contribution in [-0.2, 0) is 35.5 Å². The summed E-state index contributed by atoms with van der Waals surface area (Å²) in [7, 11) is -8.57. The molecule has 4 rings (SSSR count). The van der Waals surface area contributed by atoms with Crippen molar-refractivity contribution in [1.82, 2.24) is 4.31 Å². The van der Waals surface area contributed by atoms with Crippen LogP contribution in [0.15, 0.2) is 76.1 Å². The maximum atomic E-state index is 14.0. The first-order valence-corrected chi connectivity index (χ1v) is 16.6. The number of benzene rings is 3. The number of carbonyl (C=O) groups is 2. The van der Waals surface area contributed by atoms with Crippen molar-refractivity contribution in [2.45, 2.75) is 42.5 Å². The zero-order valence-corrected chi connectivity index (χ0v) is 25.9. The minimum atomic E-state index is -6.07. The highest BCUT2D eigenvalue weighted by atomic mass is 79.9. The topological polar surface area (TPSA) is 118 Å². The second-order valence-electron chi connectivity index (χ2n) is 9.67. The fourth-order valence-corrected chi connectivity index (χ4v) is 6.80. The van der Waals surface area contributed by atoms with E-state index in [1.54, 1.807) is 12.1 Å². The van der Waals surface area contributed by atoms with E-state index in [0.717, 1.165) is 21.2 Å². The van der Waals surface area contributed by atoms with Gasteiger partial charge >= 0.3 is 21.6 Å². The van der Waals surface area contributed by atoms with Gasteiger partial charge in [0.05, 0.1) is 4.90 Å². The number of sulfonamides is 1. The summed E-state index contributed by atoms with van der Waals surface area (Å²) in [6.07, 6.45) is -0.231. The summed E-state index contributed by atoms with van der Waals surface area (Å²) < 4.78 is 91.8. The number of halogens is 4. The number of anilines is 2. The van der Waals surface area contributed by atoms with E-state index < -0.39 is 43.9 Å². The molecule has 0 bridgehead atoms. The summed E-state index contributed by atoms with van der Waals surface area (Å²) in [5.74, 6) is -2.35. The molecule has 0 unspecified atom stereocenters. The molecule has 1 aliphatic heterocycles. The van der Waals surface area contributed by atoms with Gasteiger partial charge in [-0.2, -0.15) is 21.6 Å². The first-order valence-electron chi connectivity index (χ1n) is 12.9. The minimum Gasteiger partial charge on any atom is -0.344 e. The predicted octanol–water partition coefficient (Wildman–Crippen LogP) is 5.91. The normalized spacial score (nSPS) is 13.2. The van der Waals surface area contributed by atoms with Gasteiger partial charge in [0.1, 0.15) is 0 Å². The molecule has 0 aliphatic carbocycles. The van der Waals surface area contributed by atoms with E-state index in [0.29, 0.717) is 16.5 Å². The highest BCUT2D eigenvalue weighted by Crippen LogP contribution is 2.39. The van der Waals surface area contributed by atoms with Crippen molar-refractivity contribution < 1.29 is 43.8 Å². The number of rotatable bonds is 10. The monoisotopic (exact) mass is 702 g/mol. The molecule has 3 aromatic carbocycles. The van der Waals surface area contributed by atoms with Crippen LogP contribution in [0.3, 0.4) is 0 Å². The molecule has 230 valence electrons. The van der Waals surface area contributed by atoms with Gasteiger partial charge in [0.25, 0.3) is 15.9 Å². The SMILES string of the molecule is CN1c2ccccc2Cc2c(C(=O)N(CCCCCC(=O)OS(=O)(=O)C(F)(F)F)S(=O)(=O)c3ccc(Br)cc3)cccc21. The minimum absolute atomic E-state index is 0.0402. The summed E-state index contributed by atoms with van der Waals surface area (Å²) in [5.41, 5.74) is -2.23. The Balaban J connectivity index is 1.56. The van der Waals surface area contributed by atoms with Crippen molar-refractivity contribution in [2.75, 3.05) is 18.5 Å². The molecule has 9 nitrogen and oxygen atoms in total. The second-order valence-corrected chi connectivity index (χ2v) is 14.0. The molecule has 15 heteroatoms. The van der Waals surface area contributed by atoms with Gasteiger partial charge in [0.2, 0.25) is 0 Å². The maximum Gasteiger partial charge on any atom is 0.534 e. The van der Waals surface area contributed by atoms with E-state index >= 15 is 0 Å². The molecule has 0 saturated heterocycles. The van der Waals surface area contributed by atoms with Crippen molar-refractivity contribution >= 4 is 59.3 Å². The lowest BCUT2D eigenvalue weighted by Gasteiger charge is -2.32. The lowest BCUT2D eigenvalue weighted by molar-refractivity contribution is -0.136. The summed E-state index contributed by atoms with van der Waals surface area (Å²) in [6.45, 7) is -0.302. The van der Waals surface area contributed by atoms with Gasteiger partial charge in [0.15, 0.2) is 0 Å². The average molecular weight is 704 g/mol. The quantitative estimate of drug-likeness (QED) is 0.146. The van der Waals surface area contributed by atoms with Crippen molar-refractivity contribution in [3.05, 3.63) is 87.9 Å². The molecule has 0 aromatic heterocycles. The van der Waals surface area contributed by atoms with E-state index in [-0.39, 0.29) is 36.3 Å². The Labute approximate surface area is 255 Å². The van der Waals surface area contributed by atoms with Crippen LogP contribution >= 0.6 is 15.9 Å². The summed E-state index contributed by atoms with van der Waals surface area (Å²) in [6, 6.07) is 18.5. The smallest absolute Gasteiger partial charge is 0.344 e. The summed E-state index contributed by atoms with van der Waals surface area (Å²) in [4.78, 5) is 27.5. The number of alkyl halides is 3. The van der Waals surface area contributed by atoms with Gasteiger partial charge in [-0.3, -0.25) is 9.59 Å². The lowest BCUT2D eigenvalue weighted by atomic mass is 9.92. The zero-order chi connectivity index (χ0) is 31.6. The molecular formula is C28H26BrF3N2O7S2. The number of unbranched alkanes of at least 4 members (excludes halogenated alkanes) is 2. The average Bonchev–Trinajstić information content (AvgIpc) is 2.94.